The van der Waals surface area contributed by atoms with Gasteiger partial charge in [-0.25, -0.2) is 0 Å². The second-order valence-corrected chi connectivity index (χ2v) is 3.13. The SMILES string of the molecule is C=CCC(N)c1ccc(OC)c(N)c1. The van der Waals surface area contributed by atoms with E-state index in [1.54, 1.807) is 13.2 Å². The van der Waals surface area contributed by atoms with E-state index in [2.05, 4.69) is 6.58 Å². The third-order valence-corrected chi connectivity index (χ3v) is 2.10. The zero-order chi connectivity index (χ0) is 10.6. The van der Waals surface area contributed by atoms with Crippen molar-refractivity contribution in [1.82, 2.24) is 0 Å². The average Bonchev–Trinajstić information content (AvgIpc) is 2.18. The quantitative estimate of drug-likeness (QED) is 0.565. The summed E-state index contributed by atoms with van der Waals surface area (Å²) in [7, 11) is 1.59. The van der Waals surface area contributed by atoms with Crippen LogP contribution in [-0.2, 0) is 0 Å². The van der Waals surface area contributed by atoms with E-state index < -0.39 is 0 Å². The van der Waals surface area contributed by atoms with Crippen LogP contribution < -0.4 is 16.2 Å². The van der Waals surface area contributed by atoms with Gasteiger partial charge in [-0.1, -0.05) is 12.1 Å². The number of hydrogen-bond donors (Lipinski definition) is 2. The molecule has 1 atom stereocenters. The summed E-state index contributed by atoms with van der Waals surface area (Å²) < 4.78 is 5.05. The van der Waals surface area contributed by atoms with Crippen LogP contribution in [0, 0.1) is 0 Å². The highest BCUT2D eigenvalue weighted by atomic mass is 16.5. The first kappa shape index (κ1) is 10.6. The molecule has 0 aliphatic heterocycles. The Morgan fingerprint density at radius 2 is 2.29 bits per heavy atom. The lowest BCUT2D eigenvalue weighted by Crippen LogP contribution is -2.09. The maximum atomic E-state index is 5.90. The van der Waals surface area contributed by atoms with E-state index in [0.717, 1.165) is 12.0 Å². The van der Waals surface area contributed by atoms with Gasteiger partial charge in [0, 0.05) is 6.04 Å². The fourth-order valence-electron chi connectivity index (χ4n) is 1.30. The van der Waals surface area contributed by atoms with Gasteiger partial charge in [0.15, 0.2) is 0 Å². The van der Waals surface area contributed by atoms with Crippen molar-refractivity contribution in [3.05, 3.63) is 36.4 Å². The molecule has 0 amide bonds. The van der Waals surface area contributed by atoms with Crippen LogP contribution in [0.1, 0.15) is 18.0 Å². The molecule has 1 unspecified atom stereocenters. The van der Waals surface area contributed by atoms with Crippen molar-refractivity contribution in [3.63, 3.8) is 0 Å². The molecular formula is C11H16N2O. The highest BCUT2D eigenvalue weighted by molar-refractivity contribution is 5.54. The van der Waals surface area contributed by atoms with E-state index in [1.165, 1.54) is 0 Å². The Labute approximate surface area is 84.4 Å². The van der Waals surface area contributed by atoms with Crippen molar-refractivity contribution >= 4 is 5.69 Å². The minimum absolute atomic E-state index is 0.0410. The number of nitrogen functional groups attached to an aromatic ring is 1. The Morgan fingerprint density at radius 1 is 1.57 bits per heavy atom. The van der Waals surface area contributed by atoms with Gasteiger partial charge in [0.25, 0.3) is 0 Å². The molecule has 0 saturated heterocycles. The van der Waals surface area contributed by atoms with Gasteiger partial charge in [0.2, 0.25) is 0 Å². The monoisotopic (exact) mass is 192 g/mol. The van der Waals surface area contributed by atoms with E-state index in [-0.39, 0.29) is 6.04 Å². The molecule has 4 N–H and O–H groups in total. The number of benzene rings is 1. The standard InChI is InChI=1S/C11H16N2O/c1-3-4-9(12)8-5-6-11(14-2)10(13)7-8/h3,5-7,9H,1,4,12-13H2,2H3. The maximum Gasteiger partial charge on any atom is 0.141 e. The Bertz CT molecular complexity index is 323. The molecule has 0 aromatic heterocycles. The predicted molar refractivity (Wildman–Crippen MR) is 59.1 cm³/mol. The fourth-order valence-corrected chi connectivity index (χ4v) is 1.30. The zero-order valence-corrected chi connectivity index (χ0v) is 8.36. The molecule has 0 fully saturated rings. The van der Waals surface area contributed by atoms with E-state index in [4.69, 9.17) is 16.2 Å². The van der Waals surface area contributed by atoms with Gasteiger partial charge in [0.05, 0.1) is 12.8 Å². The Morgan fingerprint density at radius 3 is 2.79 bits per heavy atom. The van der Waals surface area contributed by atoms with Crippen LogP contribution in [0.2, 0.25) is 0 Å². The predicted octanol–water partition coefficient (Wildman–Crippen LogP) is 1.85. The van der Waals surface area contributed by atoms with Gasteiger partial charge in [-0.2, -0.15) is 0 Å². The normalized spacial score (nSPS) is 12.1. The van der Waals surface area contributed by atoms with Gasteiger partial charge in [-0.05, 0) is 24.1 Å². The molecular weight excluding hydrogens is 176 g/mol. The lowest BCUT2D eigenvalue weighted by molar-refractivity contribution is 0.416. The minimum Gasteiger partial charge on any atom is -0.495 e. The first-order valence-electron chi connectivity index (χ1n) is 4.49. The first-order valence-corrected chi connectivity index (χ1v) is 4.49. The summed E-state index contributed by atoms with van der Waals surface area (Å²) in [6.45, 7) is 3.65. The van der Waals surface area contributed by atoms with Crippen molar-refractivity contribution in [3.8, 4) is 5.75 Å². The third kappa shape index (κ3) is 2.26. The van der Waals surface area contributed by atoms with Gasteiger partial charge >= 0.3 is 0 Å². The summed E-state index contributed by atoms with van der Waals surface area (Å²) in [4.78, 5) is 0. The zero-order valence-electron chi connectivity index (χ0n) is 8.36. The Balaban J connectivity index is 2.90. The van der Waals surface area contributed by atoms with Crippen molar-refractivity contribution in [2.75, 3.05) is 12.8 Å². The molecule has 0 aliphatic rings. The van der Waals surface area contributed by atoms with Crippen LogP contribution in [0.5, 0.6) is 5.75 Å². The van der Waals surface area contributed by atoms with E-state index in [1.807, 2.05) is 18.2 Å². The molecule has 0 radical (unpaired) electrons. The van der Waals surface area contributed by atoms with Crippen molar-refractivity contribution in [2.24, 2.45) is 5.73 Å². The largest absolute Gasteiger partial charge is 0.495 e. The summed E-state index contributed by atoms with van der Waals surface area (Å²) >= 11 is 0. The highest BCUT2D eigenvalue weighted by Crippen LogP contribution is 2.25. The number of hydrogen-bond acceptors (Lipinski definition) is 3. The Kier molecular flexibility index (Phi) is 3.54. The van der Waals surface area contributed by atoms with Crippen molar-refractivity contribution in [2.45, 2.75) is 12.5 Å². The molecule has 3 heteroatoms. The fraction of sp³-hybridized carbons (Fsp3) is 0.273. The number of nitrogens with two attached hydrogens (primary N) is 2. The topological polar surface area (TPSA) is 61.3 Å². The molecule has 14 heavy (non-hydrogen) atoms. The summed E-state index contributed by atoms with van der Waals surface area (Å²) in [5, 5.41) is 0. The molecule has 0 aliphatic carbocycles. The third-order valence-electron chi connectivity index (χ3n) is 2.10. The second kappa shape index (κ2) is 4.67. The molecule has 1 aromatic rings. The number of rotatable bonds is 4. The number of ether oxygens (including phenoxy) is 1. The Hall–Kier alpha value is -1.48. The summed E-state index contributed by atoms with van der Waals surface area (Å²) in [5.74, 6) is 0.680. The smallest absolute Gasteiger partial charge is 0.141 e. The molecule has 1 rings (SSSR count). The lowest BCUT2D eigenvalue weighted by atomic mass is 10.0. The average molecular weight is 192 g/mol. The second-order valence-electron chi connectivity index (χ2n) is 3.13. The van der Waals surface area contributed by atoms with Crippen LogP contribution >= 0.6 is 0 Å². The van der Waals surface area contributed by atoms with Gasteiger partial charge in [0.1, 0.15) is 5.75 Å². The number of methoxy groups -OCH3 is 1. The lowest BCUT2D eigenvalue weighted by Gasteiger charge is -2.11. The van der Waals surface area contributed by atoms with Crippen LogP contribution in [0.3, 0.4) is 0 Å². The molecule has 0 heterocycles. The maximum absolute atomic E-state index is 5.90. The summed E-state index contributed by atoms with van der Waals surface area (Å²) in [5.41, 5.74) is 13.3. The first-order chi connectivity index (χ1) is 6.69. The van der Waals surface area contributed by atoms with Crippen LogP contribution in [-0.4, -0.2) is 7.11 Å². The van der Waals surface area contributed by atoms with Gasteiger partial charge < -0.3 is 16.2 Å². The summed E-state index contributed by atoms with van der Waals surface area (Å²) in [6.07, 6.45) is 2.54. The van der Waals surface area contributed by atoms with Crippen LogP contribution in [0.15, 0.2) is 30.9 Å². The van der Waals surface area contributed by atoms with Crippen molar-refractivity contribution < 1.29 is 4.74 Å². The molecule has 1 aromatic carbocycles. The minimum atomic E-state index is -0.0410. The van der Waals surface area contributed by atoms with E-state index in [0.29, 0.717) is 11.4 Å². The van der Waals surface area contributed by atoms with Crippen molar-refractivity contribution in [1.29, 1.82) is 0 Å². The molecule has 76 valence electrons. The van der Waals surface area contributed by atoms with Gasteiger partial charge in [-0.15, -0.1) is 6.58 Å². The van der Waals surface area contributed by atoms with Gasteiger partial charge in [-0.3, -0.25) is 0 Å². The highest BCUT2D eigenvalue weighted by Gasteiger charge is 2.06. The number of anilines is 1. The van der Waals surface area contributed by atoms with Crippen LogP contribution in [0.4, 0.5) is 5.69 Å². The molecule has 0 bridgehead atoms. The van der Waals surface area contributed by atoms with E-state index >= 15 is 0 Å². The molecule has 0 spiro atoms. The van der Waals surface area contributed by atoms with Crippen LogP contribution in [0.25, 0.3) is 0 Å². The molecule has 0 saturated carbocycles. The molecule has 3 nitrogen and oxygen atoms in total. The summed E-state index contributed by atoms with van der Waals surface area (Å²) in [6, 6.07) is 5.55. The van der Waals surface area contributed by atoms with E-state index in [9.17, 15) is 0 Å².